The van der Waals surface area contributed by atoms with Gasteiger partial charge in [-0.05, 0) is 54.4 Å². The van der Waals surface area contributed by atoms with Crippen molar-refractivity contribution in [3.8, 4) is 0 Å². The van der Waals surface area contributed by atoms with Gasteiger partial charge in [0.15, 0.2) is 0 Å². The first-order chi connectivity index (χ1) is 25.5. The van der Waals surface area contributed by atoms with Crippen molar-refractivity contribution in [3.05, 3.63) is 0 Å². The summed E-state index contributed by atoms with van der Waals surface area (Å²) in [6.07, 6.45) is 41.6. The van der Waals surface area contributed by atoms with Crippen LogP contribution in [0.25, 0.3) is 0 Å². The average molecular weight is 873 g/mol. The SMILES string of the molecule is CCCCCCCCCCCCCCCCCCOP(=O)([O-])OC(C)(C)C.CCCCCCCCCCCCCCCCCCOP(=O)([O-])OC(C)(C)C.[K+].[Na+]. The van der Waals surface area contributed by atoms with Crippen molar-refractivity contribution >= 4 is 15.6 Å². The molecule has 0 N–H and O–H groups in total. The third-order valence-corrected chi connectivity index (χ3v) is 11.8. The molecular formula is C44H92KNaO8P2. The van der Waals surface area contributed by atoms with Gasteiger partial charge in [-0.3, -0.25) is 9.13 Å². The topological polar surface area (TPSA) is 117 Å². The Balaban J connectivity index is -0.000000466. The number of phosphoric ester groups is 2. The zero-order chi connectivity index (χ0) is 40.9. The Kier molecular flexibility index (Phi) is 52.0. The molecule has 0 bridgehead atoms. The van der Waals surface area contributed by atoms with Crippen LogP contribution in [0.15, 0.2) is 0 Å². The molecular weight excluding hydrogens is 781 g/mol. The van der Waals surface area contributed by atoms with Crippen LogP contribution in [0.5, 0.6) is 0 Å². The first-order valence-corrected chi connectivity index (χ1v) is 25.8. The normalized spacial score (nSPS) is 13.9. The fourth-order valence-electron chi connectivity index (χ4n) is 6.38. The van der Waals surface area contributed by atoms with Crippen LogP contribution in [0.1, 0.15) is 261 Å². The van der Waals surface area contributed by atoms with E-state index in [1.54, 1.807) is 41.5 Å². The van der Waals surface area contributed by atoms with E-state index in [1.165, 1.54) is 167 Å². The van der Waals surface area contributed by atoms with Crippen LogP contribution < -0.4 is 90.7 Å². The van der Waals surface area contributed by atoms with Gasteiger partial charge in [0.05, 0.1) is 24.4 Å². The third-order valence-electron chi connectivity index (χ3n) is 9.27. The molecule has 0 aliphatic carbocycles. The van der Waals surface area contributed by atoms with Gasteiger partial charge >= 0.3 is 80.9 Å². The van der Waals surface area contributed by atoms with Crippen molar-refractivity contribution in [2.75, 3.05) is 13.2 Å². The summed E-state index contributed by atoms with van der Waals surface area (Å²) < 4.78 is 42.8. The molecule has 0 heterocycles. The number of hydrogen-bond donors (Lipinski definition) is 0. The summed E-state index contributed by atoms with van der Waals surface area (Å²) in [4.78, 5) is 23.2. The van der Waals surface area contributed by atoms with E-state index >= 15 is 0 Å². The Morgan fingerprint density at radius 2 is 0.518 bits per heavy atom. The number of hydrogen-bond acceptors (Lipinski definition) is 8. The quantitative estimate of drug-likeness (QED) is 0.0343. The predicted octanol–water partition coefficient (Wildman–Crippen LogP) is 9.10. The van der Waals surface area contributed by atoms with E-state index in [-0.39, 0.29) is 94.2 Å². The van der Waals surface area contributed by atoms with E-state index in [2.05, 4.69) is 13.8 Å². The zero-order valence-corrected chi connectivity index (χ0v) is 46.1. The van der Waals surface area contributed by atoms with E-state index in [1.807, 2.05) is 0 Å². The minimum atomic E-state index is -4.15. The fourth-order valence-corrected chi connectivity index (χ4v) is 8.53. The second kappa shape index (κ2) is 44.5. The van der Waals surface area contributed by atoms with Crippen LogP contribution in [0.4, 0.5) is 0 Å². The Bertz CT molecular complexity index is 816. The van der Waals surface area contributed by atoms with Crippen LogP contribution in [0.2, 0.25) is 0 Å². The van der Waals surface area contributed by atoms with Crippen LogP contribution >= 0.6 is 15.6 Å². The predicted molar refractivity (Wildman–Crippen MR) is 228 cm³/mol. The van der Waals surface area contributed by atoms with Gasteiger partial charge in [0.1, 0.15) is 0 Å². The first kappa shape index (κ1) is 65.5. The molecule has 0 fully saturated rings. The minimum Gasteiger partial charge on any atom is -0.756 e. The summed E-state index contributed by atoms with van der Waals surface area (Å²) in [7, 11) is -8.31. The van der Waals surface area contributed by atoms with Crippen LogP contribution in [0.3, 0.4) is 0 Å². The van der Waals surface area contributed by atoms with E-state index in [0.717, 1.165) is 38.5 Å². The summed E-state index contributed by atoms with van der Waals surface area (Å²) in [5.74, 6) is 0. The van der Waals surface area contributed by atoms with Crippen molar-refractivity contribution < 1.29 is 118 Å². The van der Waals surface area contributed by atoms with Crippen LogP contribution in [-0.4, -0.2) is 24.4 Å². The summed E-state index contributed by atoms with van der Waals surface area (Å²) >= 11 is 0. The molecule has 0 radical (unpaired) electrons. The Hall–Kier alpha value is 2.86. The van der Waals surface area contributed by atoms with Crippen molar-refractivity contribution in [1.29, 1.82) is 0 Å². The van der Waals surface area contributed by atoms with Gasteiger partial charge in [-0.2, -0.15) is 0 Å². The fraction of sp³-hybridized carbons (Fsp3) is 1.00. The molecule has 0 aliphatic heterocycles. The molecule has 0 aliphatic rings. The molecule has 2 atom stereocenters. The standard InChI is InChI=1S/2C22H47O4P.K.Na/c2*1-5-6-7-8-9-10-11-12-13-14-15-16-17-18-19-20-21-25-27(23,24)26-22(2,3)4;;/h2*5-21H2,1-4H3,(H,23,24);;/q;;2*+1/p-2. The minimum absolute atomic E-state index is 0. The molecule has 0 aromatic heterocycles. The largest absolute Gasteiger partial charge is 1.00 e. The smallest absolute Gasteiger partial charge is 0.756 e. The molecule has 0 rings (SSSR count). The van der Waals surface area contributed by atoms with Gasteiger partial charge in [-0.15, -0.1) is 0 Å². The van der Waals surface area contributed by atoms with E-state index < -0.39 is 26.8 Å². The maximum absolute atomic E-state index is 11.6. The first-order valence-electron chi connectivity index (χ1n) is 22.9. The van der Waals surface area contributed by atoms with Gasteiger partial charge in [0.25, 0.3) is 15.6 Å². The summed E-state index contributed by atoms with van der Waals surface area (Å²) in [5, 5.41) is 0. The zero-order valence-electron chi connectivity index (χ0n) is 39.2. The van der Waals surface area contributed by atoms with Gasteiger partial charge in [-0.1, -0.05) is 206 Å². The van der Waals surface area contributed by atoms with Crippen molar-refractivity contribution in [2.45, 2.75) is 272 Å². The molecule has 328 valence electrons. The molecule has 0 amide bonds. The molecule has 0 spiro atoms. The van der Waals surface area contributed by atoms with Gasteiger partial charge in [-0.25, -0.2) is 0 Å². The number of rotatable bonds is 38. The molecule has 0 aromatic rings. The van der Waals surface area contributed by atoms with Gasteiger partial charge < -0.3 is 27.9 Å². The second-order valence-electron chi connectivity index (χ2n) is 17.6. The van der Waals surface area contributed by atoms with Gasteiger partial charge in [0, 0.05) is 0 Å². The van der Waals surface area contributed by atoms with E-state index in [4.69, 9.17) is 18.1 Å². The van der Waals surface area contributed by atoms with Crippen molar-refractivity contribution in [1.82, 2.24) is 0 Å². The number of phosphoric acid groups is 2. The Labute approximate surface area is 414 Å². The molecule has 56 heavy (non-hydrogen) atoms. The molecule has 0 aromatic carbocycles. The monoisotopic (exact) mass is 873 g/mol. The average Bonchev–Trinajstić information content (AvgIpc) is 3.05. The molecule has 8 nitrogen and oxygen atoms in total. The van der Waals surface area contributed by atoms with E-state index in [0.29, 0.717) is 0 Å². The summed E-state index contributed by atoms with van der Waals surface area (Å²) in [5.41, 5.74) is -1.46. The summed E-state index contributed by atoms with van der Waals surface area (Å²) in [6.45, 7) is 15.2. The maximum Gasteiger partial charge on any atom is 1.00 e. The van der Waals surface area contributed by atoms with Crippen LogP contribution in [-0.2, 0) is 27.2 Å². The molecule has 2 unspecified atom stereocenters. The van der Waals surface area contributed by atoms with Crippen molar-refractivity contribution in [2.24, 2.45) is 0 Å². The number of unbranched alkanes of at least 4 members (excludes halogenated alkanes) is 30. The molecule has 0 saturated carbocycles. The Morgan fingerprint density at radius 1 is 0.357 bits per heavy atom. The van der Waals surface area contributed by atoms with Crippen LogP contribution in [0, 0.1) is 0 Å². The maximum atomic E-state index is 11.6. The van der Waals surface area contributed by atoms with E-state index in [9.17, 15) is 18.9 Å². The van der Waals surface area contributed by atoms with Crippen molar-refractivity contribution in [3.63, 3.8) is 0 Å². The third kappa shape index (κ3) is 58.9. The second-order valence-corrected chi connectivity index (χ2v) is 20.2. The van der Waals surface area contributed by atoms with Gasteiger partial charge in [0.2, 0.25) is 0 Å². The summed E-state index contributed by atoms with van der Waals surface area (Å²) in [6, 6.07) is 0. The molecule has 12 heteroatoms. The molecule has 0 saturated heterocycles. The Morgan fingerprint density at radius 3 is 0.679 bits per heavy atom.